The van der Waals surface area contributed by atoms with Crippen molar-refractivity contribution in [3.63, 3.8) is 0 Å². The molecule has 22 heavy (non-hydrogen) atoms. The number of rotatable bonds is 5. The van der Waals surface area contributed by atoms with Crippen LogP contribution in [0.15, 0.2) is 42.5 Å². The molecule has 1 aliphatic heterocycles. The summed E-state index contributed by atoms with van der Waals surface area (Å²) in [6, 6.07) is 11.9. The molecule has 0 aliphatic carbocycles. The molecule has 0 atom stereocenters. The van der Waals surface area contributed by atoms with Crippen LogP contribution in [0.2, 0.25) is 0 Å². The summed E-state index contributed by atoms with van der Waals surface area (Å²) in [5.74, 6) is -0.436. The smallest absolute Gasteiger partial charge is 0.129 e. The second-order valence-electron chi connectivity index (χ2n) is 5.63. The highest BCUT2D eigenvalue weighted by Crippen LogP contribution is 2.26. The van der Waals surface area contributed by atoms with Gasteiger partial charge in [0, 0.05) is 43.0 Å². The van der Waals surface area contributed by atoms with Gasteiger partial charge in [0.1, 0.15) is 11.6 Å². The van der Waals surface area contributed by atoms with E-state index in [1.807, 2.05) is 6.07 Å². The zero-order valence-corrected chi connectivity index (χ0v) is 12.5. The number of nitrogens with one attached hydrogen (secondary N) is 1. The Morgan fingerprint density at radius 1 is 0.864 bits per heavy atom. The molecule has 0 aromatic heterocycles. The molecule has 1 saturated heterocycles. The second kappa shape index (κ2) is 6.88. The predicted molar refractivity (Wildman–Crippen MR) is 84.8 cm³/mol. The average molecular weight is 302 g/mol. The number of hydrogen-bond acceptors (Lipinski definition) is 2. The maximum atomic E-state index is 14.2. The summed E-state index contributed by atoms with van der Waals surface area (Å²) in [4.78, 5) is 2.23. The fourth-order valence-electron chi connectivity index (χ4n) is 2.94. The van der Waals surface area contributed by atoms with Crippen LogP contribution in [0, 0.1) is 11.6 Å². The van der Waals surface area contributed by atoms with Crippen LogP contribution in [0.5, 0.6) is 0 Å². The van der Waals surface area contributed by atoms with Gasteiger partial charge in [0.15, 0.2) is 0 Å². The summed E-state index contributed by atoms with van der Waals surface area (Å²) in [5, 5.41) is 3.16. The van der Waals surface area contributed by atoms with Crippen molar-refractivity contribution in [3.8, 4) is 0 Å². The van der Waals surface area contributed by atoms with E-state index in [1.165, 1.54) is 12.1 Å². The van der Waals surface area contributed by atoms with Gasteiger partial charge in [-0.25, -0.2) is 8.78 Å². The lowest BCUT2D eigenvalue weighted by Gasteiger charge is -2.22. The summed E-state index contributed by atoms with van der Waals surface area (Å²) in [5.41, 5.74) is 2.22. The summed E-state index contributed by atoms with van der Waals surface area (Å²) < 4.78 is 27.8. The monoisotopic (exact) mass is 302 g/mol. The molecule has 1 heterocycles. The summed E-state index contributed by atoms with van der Waals surface area (Å²) in [7, 11) is 0. The van der Waals surface area contributed by atoms with Crippen molar-refractivity contribution < 1.29 is 8.78 Å². The number of nitrogens with zero attached hydrogens (tertiary/aromatic N) is 1. The molecule has 2 aromatic rings. The molecule has 1 aliphatic rings. The van der Waals surface area contributed by atoms with E-state index in [-0.39, 0.29) is 11.6 Å². The molecule has 0 radical (unpaired) electrons. The van der Waals surface area contributed by atoms with E-state index in [4.69, 9.17) is 0 Å². The van der Waals surface area contributed by atoms with Gasteiger partial charge < -0.3 is 10.2 Å². The van der Waals surface area contributed by atoms with Gasteiger partial charge in [-0.1, -0.05) is 24.3 Å². The molecule has 2 aromatic carbocycles. The van der Waals surface area contributed by atoms with E-state index in [0.29, 0.717) is 24.2 Å². The van der Waals surface area contributed by atoms with Gasteiger partial charge in [-0.2, -0.15) is 0 Å². The van der Waals surface area contributed by atoms with Gasteiger partial charge in [-0.15, -0.1) is 0 Å². The van der Waals surface area contributed by atoms with Crippen LogP contribution in [0.25, 0.3) is 0 Å². The minimum absolute atomic E-state index is 0.203. The first-order valence-electron chi connectivity index (χ1n) is 7.72. The number of hydrogen-bond donors (Lipinski definition) is 1. The third kappa shape index (κ3) is 3.28. The Balaban J connectivity index is 1.70. The maximum Gasteiger partial charge on any atom is 0.129 e. The molecule has 0 saturated carbocycles. The van der Waals surface area contributed by atoms with Crippen molar-refractivity contribution in [3.05, 3.63) is 65.2 Å². The van der Waals surface area contributed by atoms with Gasteiger partial charge in [-0.3, -0.25) is 0 Å². The second-order valence-corrected chi connectivity index (χ2v) is 5.63. The van der Waals surface area contributed by atoms with Crippen molar-refractivity contribution in [2.24, 2.45) is 0 Å². The highest BCUT2D eigenvalue weighted by molar-refractivity contribution is 5.54. The fourth-order valence-corrected chi connectivity index (χ4v) is 2.94. The van der Waals surface area contributed by atoms with Crippen LogP contribution in [0.4, 0.5) is 14.5 Å². The van der Waals surface area contributed by atoms with E-state index in [1.54, 1.807) is 24.3 Å². The number of anilines is 1. The van der Waals surface area contributed by atoms with Crippen LogP contribution < -0.4 is 10.2 Å². The summed E-state index contributed by atoms with van der Waals surface area (Å²) >= 11 is 0. The van der Waals surface area contributed by atoms with Crippen molar-refractivity contribution in [1.82, 2.24) is 5.32 Å². The van der Waals surface area contributed by atoms with Gasteiger partial charge in [0.05, 0.1) is 0 Å². The Kier molecular flexibility index (Phi) is 4.68. The van der Waals surface area contributed by atoms with E-state index in [9.17, 15) is 8.78 Å². The Hall–Kier alpha value is -1.94. The van der Waals surface area contributed by atoms with Crippen LogP contribution in [0.1, 0.15) is 24.0 Å². The highest BCUT2D eigenvalue weighted by Gasteiger charge is 2.17. The van der Waals surface area contributed by atoms with Crippen molar-refractivity contribution in [2.75, 3.05) is 18.0 Å². The van der Waals surface area contributed by atoms with E-state index < -0.39 is 0 Å². The molecule has 4 heteroatoms. The zero-order chi connectivity index (χ0) is 15.4. The lowest BCUT2D eigenvalue weighted by atomic mass is 10.1. The highest BCUT2D eigenvalue weighted by atomic mass is 19.1. The van der Waals surface area contributed by atoms with E-state index >= 15 is 0 Å². The van der Waals surface area contributed by atoms with Gasteiger partial charge in [-0.05, 0) is 31.0 Å². The molecule has 1 fully saturated rings. The minimum Gasteiger partial charge on any atom is -0.371 e. The Labute approximate surface area is 129 Å². The Morgan fingerprint density at radius 2 is 1.59 bits per heavy atom. The molecular weight excluding hydrogens is 282 g/mol. The van der Waals surface area contributed by atoms with Crippen molar-refractivity contribution in [2.45, 2.75) is 25.9 Å². The standard InChI is InChI=1S/C18H20F2N2/c19-16-7-2-1-6-14(16)12-21-13-15-17(20)8-5-9-18(15)22-10-3-4-11-22/h1-2,5-9,21H,3-4,10-13H2. The first kappa shape index (κ1) is 15.0. The predicted octanol–water partition coefficient (Wildman–Crippen LogP) is 3.85. The molecule has 3 rings (SSSR count). The first-order valence-corrected chi connectivity index (χ1v) is 7.72. The zero-order valence-electron chi connectivity index (χ0n) is 12.5. The molecule has 0 bridgehead atoms. The van der Waals surface area contributed by atoms with Gasteiger partial charge in [0.25, 0.3) is 0 Å². The molecule has 0 unspecified atom stereocenters. The Morgan fingerprint density at radius 3 is 2.36 bits per heavy atom. The van der Waals surface area contributed by atoms with Crippen LogP contribution in [-0.2, 0) is 13.1 Å². The lowest BCUT2D eigenvalue weighted by molar-refractivity contribution is 0.569. The van der Waals surface area contributed by atoms with Crippen LogP contribution >= 0.6 is 0 Å². The molecule has 1 N–H and O–H groups in total. The van der Waals surface area contributed by atoms with Gasteiger partial charge >= 0.3 is 0 Å². The lowest BCUT2D eigenvalue weighted by Crippen LogP contribution is -2.22. The molecule has 0 spiro atoms. The van der Waals surface area contributed by atoms with Crippen LogP contribution in [0.3, 0.4) is 0 Å². The van der Waals surface area contributed by atoms with Crippen molar-refractivity contribution >= 4 is 5.69 Å². The third-order valence-corrected chi connectivity index (χ3v) is 4.12. The fraction of sp³-hybridized carbons (Fsp3) is 0.333. The molecule has 116 valence electrons. The molecule has 2 nitrogen and oxygen atoms in total. The van der Waals surface area contributed by atoms with E-state index in [2.05, 4.69) is 10.2 Å². The average Bonchev–Trinajstić information content (AvgIpc) is 3.05. The van der Waals surface area contributed by atoms with E-state index in [0.717, 1.165) is 31.6 Å². The quantitative estimate of drug-likeness (QED) is 0.902. The largest absolute Gasteiger partial charge is 0.371 e. The Bertz CT molecular complexity index is 637. The molecular formula is C18H20F2N2. The first-order chi connectivity index (χ1) is 10.8. The topological polar surface area (TPSA) is 15.3 Å². The summed E-state index contributed by atoms with van der Waals surface area (Å²) in [6.45, 7) is 2.74. The number of halogens is 2. The SMILES string of the molecule is Fc1ccccc1CNCc1c(F)cccc1N1CCCC1. The van der Waals surface area contributed by atoms with Crippen molar-refractivity contribution in [1.29, 1.82) is 0 Å². The summed E-state index contributed by atoms with van der Waals surface area (Å²) in [6.07, 6.45) is 2.30. The maximum absolute atomic E-state index is 14.2. The molecule has 0 amide bonds. The normalized spacial score (nSPS) is 14.5. The van der Waals surface area contributed by atoms with Gasteiger partial charge in [0.2, 0.25) is 0 Å². The number of benzene rings is 2. The van der Waals surface area contributed by atoms with Crippen LogP contribution in [-0.4, -0.2) is 13.1 Å². The third-order valence-electron chi connectivity index (χ3n) is 4.12. The minimum atomic E-state index is -0.233.